The first-order valence-corrected chi connectivity index (χ1v) is 10.1. The highest BCUT2D eigenvalue weighted by Gasteiger charge is 2.11. The smallest absolute Gasteiger partial charge is 0.180 e. The molecule has 0 aliphatic heterocycles. The van der Waals surface area contributed by atoms with Gasteiger partial charge in [0.25, 0.3) is 0 Å². The van der Waals surface area contributed by atoms with Crippen molar-refractivity contribution in [3.05, 3.63) is 91.8 Å². The number of imidazole rings is 1. The lowest BCUT2D eigenvalue weighted by atomic mass is 10.1. The van der Waals surface area contributed by atoms with E-state index in [1.165, 1.54) is 0 Å². The second kappa shape index (κ2) is 7.51. The molecule has 0 atom stereocenters. The van der Waals surface area contributed by atoms with Gasteiger partial charge < -0.3 is 15.0 Å². The van der Waals surface area contributed by atoms with E-state index in [2.05, 4.69) is 36.9 Å². The van der Waals surface area contributed by atoms with Gasteiger partial charge in [0.1, 0.15) is 0 Å². The van der Waals surface area contributed by atoms with Gasteiger partial charge in [-0.2, -0.15) is 5.10 Å². The maximum absolute atomic E-state index is 4.87. The monoisotopic (exact) mass is 418 g/mol. The first-order valence-electron chi connectivity index (χ1n) is 10.1. The van der Waals surface area contributed by atoms with Gasteiger partial charge in [0.2, 0.25) is 0 Å². The Hall–Kier alpha value is -4.72. The van der Waals surface area contributed by atoms with E-state index in [1.807, 2.05) is 71.5 Å². The molecule has 8 heteroatoms. The Bertz CT molecular complexity index is 1520. The largest absolute Gasteiger partial charge is 0.355 e. The molecule has 0 radical (unpaired) electrons. The van der Waals surface area contributed by atoms with Crippen LogP contribution >= 0.6 is 0 Å². The van der Waals surface area contributed by atoms with Crippen LogP contribution in [0.15, 0.2) is 91.8 Å². The topological polar surface area (TPSA) is 95.8 Å². The van der Waals surface area contributed by atoms with Crippen molar-refractivity contribution in [3.63, 3.8) is 0 Å². The number of hydrogen-bond acceptors (Lipinski definition) is 6. The molecule has 0 saturated carbocycles. The molecular formula is C24H18N8. The van der Waals surface area contributed by atoms with Crippen molar-refractivity contribution in [2.75, 3.05) is 10.6 Å². The molecule has 6 aromatic rings. The van der Waals surface area contributed by atoms with Gasteiger partial charge in [-0.05, 0) is 42.5 Å². The Morgan fingerprint density at radius 3 is 2.44 bits per heavy atom. The van der Waals surface area contributed by atoms with Crippen LogP contribution in [0.2, 0.25) is 0 Å². The Balaban J connectivity index is 1.32. The third-order valence-corrected chi connectivity index (χ3v) is 5.23. The summed E-state index contributed by atoms with van der Waals surface area (Å²) in [6, 6.07) is 18.0. The third-order valence-electron chi connectivity index (χ3n) is 5.23. The van der Waals surface area contributed by atoms with Gasteiger partial charge in [0, 0.05) is 59.0 Å². The van der Waals surface area contributed by atoms with Gasteiger partial charge in [-0.15, -0.1) is 0 Å². The average Bonchev–Trinajstić information content (AvgIpc) is 3.50. The lowest BCUT2D eigenvalue weighted by molar-refractivity contribution is 1.12. The van der Waals surface area contributed by atoms with E-state index < -0.39 is 0 Å². The van der Waals surface area contributed by atoms with Crippen LogP contribution in [0.3, 0.4) is 0 Å². The molecule has 154 valence electrons. The number of benzene rings is 2. The van der Waals surface area contributed by atoms with E-state index in [1.54, 1.807) is 18.6 Å². The molecule has 0 bridgehead atoms. The fourth-order valence-corrected chi connectivity index (χ4v) is 3.63. The lowest BCUT2D eigenvalue weighted by Gasteiger charge is -2.11. The number of aromatic nitrogens is 6. The third kappa shape index (κ3) is 3.39. The second-order valence-corrected chi connectivity index (χ2v) is 7.37. The van der Waals surface area contributed by atoms with E-state index in [4.69, 9.17) is 4.98 Å². The zero-order chi connectivity index (χ0) is 21.3. The van der Waals surface area contributed by atoms with Crippen LogP contribution in [-0.2, 0) is 0 Å². The van der Waals surface area contributed by atoms with Crippen LogP contribution in [0.4, 0.5) is 22.9 Å². The number of hydrogen-bond donors (Lipinski definition) is 3. The van der Waals surface area contributed by atoms with Crippen molar-refractivity contribution in [2.45, 2.75) is 0 Å². The highest BCUT2D eigenvalue weighted by atomic mass is 15.1. The predicted octanol–water partition coefficient (Wildman–Crippen LogP) is 5.15. The summed E-state index contributed by atoms with van der Waals surface area (Å²) >= 11 is 0. The van der Waals surface area contributed by atoms with Gasteiger partial charge >= 0.3 is 0 Å². The molecule has 0 unspecified atom stereocenters. The number of rotatable bonds is 5. The normalized spacial score (nSPS) is 11.1. The van der Waals surface area contributed by atoms with Crippen LogP contribution in [0.25, 0.3) is 27.8 Å². The van der Waals surface area contributed by atoms with E-state index in [0.29, 0.717) is 5.82 Å². The Morgan fingerprint density at radius 2 is 1.59 bits per heavy atom. The molecular weight excluding hydrogens is 400 g/mol. The van der Waals surface area contributed by atoms with Crippen LogP contribution in [0, 0.1) is 0 Å². The molecule has 4 heterocycles. The molecule has 0 saturated heterocycles. The molecule has 6 rings (SSSR count). The maximum Gasteiger partial charge on any atom is 0.180 e. The van der Waals surface area contributed by atoms with E-state index >= 15 is 0 Å². The van der Waals surface area contributed by atoms with Gasteiger partial charge in [0.05, 0.1) is 17.4 Å². The Kier molecular flexibility index (Phi) is 4.25. The molecule has 32 heavy (non-hydrogen) atoms. The van der Waals surface area contributed by atoms with Crippen molar-refractivity contribution in [3.8, 4) is 11.3 Å². The van der Waals surface area contributed by atoms with E-state index in [9.17, 15) is 0 Å². The zero-order valence-electron chi connectivity index (χ0n) is 16.9. The SMILES string of the molecule is c1cc(Nc2ccc(Nc3nc(-c4ccc5cn[nH]c5c4)cn4ccnc34)cc2)ccn1. The van der Waals surface area contributed by atoms with Crippen molar-refractivity contribution in [2.24, 2.45) is 0 Å². The fourth-order valence-electron chi connectivity index (χ4n) is 3.63. The number of anilines is 4. The van der Waals surface area contributed by atoms with Crippen molar-refractivity contribution in [1.29, 1.82) is 0 Å². The summed E-state index contributed by atoms with van der Waals surface area (Å²) in [5.74, 6) is 0.687. The van der Waals surface area contributed by atoms with Gasteiger partial charge in [-0.3, -0.25) is 10.1 Å². The number of fused-ring (bicyclic) bond motifs is 2. The summed E-state index contributed by atoms with van der Waals surface area (Å²) in [6.07, 6.45) is 11.0. The molecule has 4 aromatic heterocycles. The van der Waals surface area contributed by atoms with Crippen molar-refractivity contribution < 1.29 is 0 Å². The predicted molar refractivity (Wildman–Crippen MR) is 125 cm³/mol. The van der Waals surface area contributed by atoms with Crippen LogP contribution in [-0.4, -0.2) is 29.5 Å². The molecule has 0 fully saturated rings. The van der Waals surface area contributed by atoms with E-state index in [-0.39, 0.29) is 0 Å². The highest BCUT2D eigenvalue weighted by Crippen LogP contribution is 2.27. The average molecular weight is 418 g/mol. The van der Waals surface area contributed by atoms with Crippen molar-refractivity contribution in [1.82, 2.24) is 29.5 Å². The quantitative estimate of drug-likeness (QED) is 0.358. The summed E-state index contributed by atoms with van der Waals surface area (Å²) in [6.45, 7) is 0. The summed E-state index contributed by atoms with van der Waals surface area (Å²) in [4.78, 5) is 13.4. The highest BCUT2D eigenvalue weighted by molar-refractivity contribution is 5.84. The van der Waals surface area contributed by atoms with Crippen LogP contribution in [0.1, 0.15) is 0 Å². The Morgan fingerprint density at radius 1 is 0.812 bits per heavy atom. The number of pyridine rings is 1. The van der Waals surface area contributed by atoms with Crippen LogP contribution < -0.4 is 10.6 Å². The van der Waals surface area contributed by atoms with E-state index in [0.717, 1.165) is 44.9 Å². The molecule has 0 amide bonds. The molecule has 0 spiro atoms. The summed E-state index contributed by atoms with van der Waals surface area (Å²) < 4.78 is 1.97. The first kappa shape index (κ1) is 18.1. The van der Waals surface area contributed by atoms with Gasteiger partial charge in [-0.1, -0.05) is 12.1 Å². The van der Waals surface area contributed by atoms with Crippen molar-refractivity contribution >= 4 is 39.4 Å². The minimum atomic E-state index is 0.687. The molecule has 3 N–H and O–H groups in total. The van der Waals surface area contributed by atoms with Gasteiger partial charge in [0.15, 0.2) is 11.5 Å². The molecule has 0 aliphatic rings. The Labute approximate surface area is 183 Å². The minimum Gasteiger partial charge on any atom is -0.355 e. The summed E-state index contributed by atoms with van der Waals surface area (Å²) in [7, 11) is 0. The lowest BCUT2D eigenvalue weighted by Crippen LogP contribution is -2.00. The maximum atomic E-state index is 4.87. The first-order chi connectivity index (χ1) is 15.8. The zero-order valence-corrected chi connectivity index (χ0v) is 16.9. The molecule has 8 nitrogen and oxygen atoms in total. The number of nitrogens with one attached hydrogen (secondary N) is 3. The number of aromatic amines is 1. The van der Waals surface area contributed by atoms with Gasteiger partial charge in [-0.25, -0.2) is 9.97 Å². The summed E-state index contributed by atoms with van der Waals surface area (Å²) in [5.41, 5.74) is 6.47. The van der Waals surface area contributed by atoms with Crippen LogP contribution in [0.5, 0.6) is 0 Å². The molecule has 2 aromatic carbocycles. The minimum absolute atomic E-state index is 0.687. The molecule has 0 aliphatic carbocycles. The standard InChI is InChI=1S/C24H18N8/c1-2-17-14-27-31-21(17)13-16(1)22-15-32-12-11-26-24(32)23(30-22)29-19-5-3-18(4-6-19)28-20-7-9-25-10-8-20/h1-15H,(H,25,28)(H,27,31)(H,29,30). The number of nitrogens with zero attached hydrogens (tertiary/aromatic N) is 5. The number of H-pyrrole nitrogens is 1. The fraction of sp³-hybridized carbons (Fsp3) is 0. The summed E-state index contributed by atoms with van der Waals surface area (Å²) in [5, 5.41) is 15.0. The second-order valence-electron chi connectivity index (χ2n) is 7.37.